The number of thiazole rings is 1. The standard InChI is InChI=1S/C13H13N3O3S/c1-8-7-14-13(20-8)16-12(19)15-10(11(17)18)9-5-3-2-4-6-9/h2-7,10H,1H3,(H,17,18)(H2,14,15,16,19). The van der Waals surface area contributed by atoms with Crippen LogP contribution in [0.2, 0.25) is 0 Å². The number of hydrogen-bond donors (Lipinski definition) is 3. The molecule has 6 nitrogen and oxygen atoms in total. The number of carboxylic acid groups (broad SMARTS) is 1. The molecule has 1 atom stereocenters. The Hall–Kier alpha value is -2.41. The van der Waals surface area contributed by atoms with Crippen molar-refractivity contribution in [3.05, 3.63) is 47.0 Å². The summed E-state index contributed by atoms with van der Waals surface area (Å²) in [5.41, 5.74) is 0.505. The fraction of sp³-hybridized carbons (Fsp3) is 0.154. The van der Waals surface area contributed by atoms with Crippen molar-refractivity contribution in [3.63, 3.8) is 0 Å². The van der Waals surface area contributed by atoms with Crippen LogP contribution in [-0.2, 0) is 4.79 Å². The van der Waals surface area contributed by atoms with Crippen LogP contribution in [0.3, 0.4) is 0 Å². The lowest BCUT2D eigenvalue weighted by molar-refractivity contribution is -0.139. The summed E-state index contributed by atoms with van der Waals surface area (Å²) in [6.45, 7) is 1.87. The van der Waals surface area contributed by atoms with Crippen molar-refractivity contribution in [1.82, 2.24) is 10.3 Å². The van der Waals surface area contributed by atoms with Gasteiger partial charge in [0.15, 0.2) is 11.2 Å². The summed E-state index contributed by atoms with van der Waals surface area (Å²) in [5, 5.41) is 14.5. The molecule has 2 aromatic rings. The number of hydrogen-bond acceptors (Lipinski definition) is 4. The molecule has 0 saturated heterocycles. The van der Waals surface area contributed by atoms with Gasteiger partial charge in [-0.05, 0) is 12.5 Å². The molecule has 3 N–H and O–H groups in total. The van der Waals surface area contributed by atoms with E-state index >= 15 is 0 Å². The van der Waals surface area contributed by atoms with Crippen molar-refractivity contribution in [1.29, 1.82) is 0 Å². The second kappa shape index (κ2) is 6.16. The number of amides is 2. The predicted molar refractivity (Wildman–Crippen MR) is 75.8 cm³/mol. The molecular weight excluding hydrogens is 278 g/mol. The van der Waals surface area contributed by atoms with E-state index in [9.17, 15) is 14.7 Å². The fourth-order valence-corrected chi connectivity index (χ4v) is 2.27. The summed E-state index contributed by atoms with van der Waals surface area (Å²) in [7, 11) is 0. The number of benzene rings is 1. The average Bonchev–Trinajstić information content (AvgIpc) is 2.82. The van der Waals surface area contributed by atoms with Crippen molar-refractivity contribution in [2.45, 2.75) is 13.0 Å². The minimum absolute atomic E-state index is 0.428. The second-order valence-electron chi connectivity index (χ2n) is 4.06. The smallest absolute Gasteiger partial charge is 0.330 e. The number of aryl methyl sites for hydroxylation is 1. The van der Waals surface area contributed by atoms with Gasteiger partial charge in [0.2, 0.25) is 0 Å². The monoisotopic (exact) mass is 291 g/mol. The van der Waals surface area contributed by atoms with Crippen LogP contribution in [0.15, 0.2) is 36.5 Å². The van der Waals surface area contributed by atoms with Crippen molar-refractivity contribution >= 4 is 28.5 Å². The van der Waals surface area contributed by atoms with Crippen LogP contribution in [-0.4, -0.2) is 22.1 Å². The Kier molecular flexibility index (Phi) is 4.31. The maximum atomic E-state index is 11.8. The lowest BCUT2D eigenvalue weighted by Gasteiger charge is -2.14. The molecule has 0 bridgehead atoms. The maximum absolute atomic E-state index is 11.8. The quantitative estimate of drug-likeness (QED) is 0.806. The van der Waals surface area contributed by atoms with Crippen LogP contribution in [0.1, 0.15) is 16.5 Å². The third kappa shape index (κ3) is 3.55. The highest BCUT2D eigenvalue weighted by atomic mass is 32.1. The molecule has 0 saturated carbocycles. The summed E-state index contributed by atoms with van der Waals surface area (Å²) in [6, 6.07) is 6.80. The van der Waals surface area contributed by atoms with E-state index in [2.05, 4.69) is 15.6 Å². The SMILES string of the molecule is Cc1cnc(NC(=O)NC(C(=O)O)c2ccccc2)s1. The Morgan fingerprint density at radius 3 is 2.55 bits per heavy atom. The Bertz CT molecular complexity index is 612. The van der Waals surface area contributed by atoms with Crippen LogP contribution in [0.5, 0.6) is 0 Å². The Labute approximate surface area is 119 Å². The van der Waals surface area contributed by atoms with Crippen LogP contribution in [0.25, 0.3) is 0 Å². The number of carboxylic acids is 1. The molecule has 104 valence electrons. The zero-order valence-electron chi connectivity index (χ0n) is 10.7. The largest absolute Gasteiger partial charge is 0.479 e. The van der Waals surface area contributed by atoms with Crippen LogP contribution in [0.4, 0.5) is 9.93 Å². The van der Waals surface area contributed by atoms with Crippen LogP contribution in [0, 0.1) is 6.92 Å². The summed E-state index contributed by atoms with van der Waals surface area (Å²) >= 11 is 1.32. The van der Waals surface area contributed by atoms with E-state index in [0.29, 0.717) is 10.7 Å². The molecule has 7 heteroatoms. The molecule has 0 radical (unpaired) electrons. The van der Waals surface area contributed by atoms with E-state index in [1.165, 1.54) is 11.3 Å². The van der Waals surface area contributed by atoms with E-state index in [-0.39, 0.29) is 0 Å². The third-order valence-electron chi connectivity index (χ3n) is 2.50. The first-order chi connectivity index (χ1) is 9.56. The van der Waals surface area contributed by atoms with Gasteiger partial charge in [0.1, 0.15) is 0 Å². The summed E-state index contributed by atoms with van der Waals surface area (Å²) in [4.78, 5) is 28.0. The summed E-state index contributed by atoms with van der Waals surface area (Å²) in [6.07, 6.45) is 1.63. The van der Waals surface area contributed by atoms with Gasteiger partial charge < -0.3 is 10.4 Å². The zero-order valence-corrected chi connectivity index (χ0v) is 11.5. The summed E-state index contributed by atoms with van der Waals surface area (Å²) in [5.74, 6) is -1.12. The number of nitrogens with one attached hydrogen (secondary N) is 2. The molecule has 1 heterocycles. The highest BCUT2D eigenvalue weighted by Gasteiger charge is 2.22. The average molecular weight is 291 g/mol. The number of carbonyl (C=O) groups is 2. The molecule has 1 unspecified atom stereocenters. The molecule has 0 fully saturated rings. The zero-order chi connectivity index (χ0) is 14.5. The minimum Gasteiger partial charge on any atom is -0.479 e. The summed E-state index contributed by atoms with van der Waals surface area (Å²) < 4.78 is 0. The maximum Gasteiger partial charge on any atom is 0.330 e. The normalized spacial score (nSPS) is 11.7. The van der Waals surface area contributed by atoms with E-state index in [0.717, 1.165) is 4.88 Å². The topological polar surface area (TPSA) is 91.3 Å². The molecule has 1 aromatic heterocycles. The van der Waals surface area contributed by atoms with Crippen molar-refractivity contribution < 1.29 is 14.7 Å². The first-order valence-electron chi connectivity index (χ1n) is 5.84. The number of rotatable bonds is 4. The molecule has 1 aromatic carbocycles. The Balaban J connectivity index is 2.05. The van der Waals surface area contributed by atoms with Crippen LogP contribution < -0.4 is 10.6 Å². The number of urea groups is 1. The first kappa shape index (κ1) is 14.0. The van der Waals surface area contributed by atoms with E-state index in [1.807, 2.05) is 6.92 Å². The predicted octanol–water partition coefficient (Wildman–Crippen LogP) is 2.40. The van der Waals surface area contributed by atoms with Crippen molar-refractivity contribution in [3.8, 4) is 0 Å². The van der Waals surface area contributed by atoms with Gasteiger partial charge in [-0.15, -0.1) is 11.3 Å². The Morgan fingerprint density at radius 1 is 1.30 bits per heavy atom. The van der Waals surface area contributed by atoms with Crippen molar-refractivity contribution in [2.24, 2.45) is 0 Å². The van der Waals surface area contributed by atoms with Gasteiger partial charge in [0.05, 0.1) is 0 Å². The van der Waals surface area contributed by atoms with Gasteiger partial charge in [-0.25, -0.2) is 14.6 Å². The van der Waals surface area contributed by atoms with E-state index < -0.39 is 18.0 Å². The van der Waals surface area contributed by atoms with Gasteiger partial charge in [0.25, 0.3) is 0 Å². The molecule has 0 spiro atoms. The highest BCUT2D eigenvalue weighted by Crippen LogP contribution is 2.17. The minimum atomic E-state index is -1.12. The van der Waals surface area contributed by atoms with Gasteiger partial charge in [-0.1, -0.05) is 30.3 Å². The number of carbonyl (C=O) groups excluding carboxylic acids is 1. The highest BCUT2D eigenvalue weighted by molar-refractivity contribution is 7.15. The van der Waals surface area contributed by atoms with E-state index in [4.69, 9.17) is 0 Å². The molecule has 0 aliphatic rings. The lowest BCUT2D eigenvalue weighted by Crippen LogP contribution is -2.36. The molecule has 0 aliphatic heterocycles. The lowest BCUT2D eigenvalue weighted by atomic mass is 10.1. The fourth-order valence-electron chi connectivity index (χ4n) is 1.61. The van der Waals surface area contributed by atoms with Crippen LogP contribution >= 0.6 is 11.3 Å². The number of nitrogens with zero attached hydrogens (tertiary/aromatic N) is 1. The van der Waals surface area contributed by atoms with E-state index in [1.54, 1.807) is 36.5 Å². The molecule has 2 amide bonds. The van der Waals surface area contributed by atoms with Gasteiger partial charge >= 0.3 is 12.0 Å². The Morgan fingerprint density at radius 2 is 2.00 bits per heavy atom. The first-order valence-corrected chi connectivity index (χ1v) is 6.65. The third-order valence-corrected chi connectivity index (χ3v) is 3.33. The molecule has 2 rings (SSSR count). The van der Waals surface area contributed by atoms with Gasteiger partial charge in [-0.2, -0.15) is 0 Å². The second-order valence-corrected chi connectivity index (χ2v) is 5.29. The number of aliphatic carboxylic acids is 1. The number of aromatic nitrogens is 1. The molecular formula is C13H13N3O3S. The molecule has 0 aliphatic carbocycles. The van der Waals surface area contributed by atoms with Gasteiger partial charge in [0, 0.05) is 11.1 Å². The molecule has 20 heavy (non-hydrogen) atoms. The van der Waals surface area contributed by atoms with Crippen molar-refractivity contribution in [2.75, 3.05) is 5.32 Å². The van der Waals surface area contributed by atoms with Gasteiger partial charge in [-0.3, -0.25) is 5.32 Å². The number of anilines is 1.